The van der Waals surface area contributed by atoms with Gasteiger partial charge in [-0.3, -0.25) is 4.90 Å². The maximum atomic E-state index is 13.6. The van der Waals surface area contributed by atoms with Gasteiger partial charge in [0, 0.05) is 43.9 Å². The Morgan fingerprint density at radius 3 is 2.33 bits per heavy atom. The Labute approximate surface area is 119 Å². The highest BCUT2D eigenvalue weighted by atomic mass is 35.5. The highest BCUT2D eigenvalue weighted by Crippen LogP contribution is 2.23. The first-order valence-electron chi connectivity index (χ1n) is 5.58. The number of nitrogens with one attached hydrogen (secondary N) is 1. The number of halogens is 4. The molecule has 0 amide bonds. The molecule has 1 atom stereocenters. The molecule has 6 heteroatoms. The van der Waals surface area contributed by atoms with E-state index in [-0.39, 0.29) is 30.9 Å². The molecule has 0 radical (unpaired) electrons. The van der Waals surface area contributed by atoms with Gasteiger partial charge >= 0.3 is 0 Å². The second-order valence-electron chi connectivity index (χ2n) is 4.13. The molecule has 1 saturated heterocycles. The van der Waals surface area contributed by atoms with Gasteiger partial charge in [0.05, 0.1) is 0 Å². The van der Waals surface area contributed by atoms with E-state index in [9.17, 15) is 8.78 Å². The Balaban J connectivity index is 0.00000144. The van der Waals surface area contributed by atoms with Crippen LogP contribution in [0.1, 0.15) is 18.5 Å². The van der Waals surface area contributed by atoms with Gasteiger partial charge in [0.1, 0.15) is 11.6 Å². The lowest BCUT2D eigenvalue weighted by Gasteiger charge is -2.33. The molecule has 1 N–H and O–H groups in total. The van der Waals surface area contributed by atoms with E-state index in [2.05, 4.69) is 10.2 Å². The molecule has 0 saturated carbocycles. The quantitative estimate of drug-likeness (QED) is 0.903. The van der Waals surface area contributed by atoms with E-state index in [0.717, 1.165) is 32.2 Å². The van der Waals surface area contributed by atoms with Crippen LogP contribution in [0.4, 0.5) is 8.78 Å². The van der Waals surface area contributed by atoms with Gasteiger partial charge in [-0.1, -0.05) is 6.07 Å². The fourth-order valence-electron chi connectivity index (χ4n) is 2.11. The highest BCUT2D eigenvalue weighted by molar-refractivity contribution is 5.85. The summed E-state index contributed by atoms with van der Waals surface area (Å²) >= 11 is 0. The van der Waals surface area contributed by atoms with Gasteiger partial charge in [-0.2, -0.15) is 0 Å². The summed E-state index contributed by atoms with van der Waals surface area (Å²) in [6.07, 6.45) is 0. The van der Waals surface area contributed by atoms with Crippen molar-refractivity contribution in [2.24, 2.45) is 0 Å². The molecular formula is C12H18Cl2F2N2. The SMILES string of the molecule is C[C@H](c1ccc(F)cc1F)N1CCNCC1.Cl.Cl. The minimum absolute atomic E-state index is 0. The second-order valence-corrected chi connectivity index (χ2v) is 4.13. The number of nitrogens with zero attached hydrogens (tertiary/aromatic N) is 1. The van der Waals surface area contributed by atoms with Crippen molar-refractivity contribution >= 4 is 24.8 Å². The van der Waals surface area contributed by atoms with E-state index >= 15 is 0 Å². The zero-order valence-electron chi connectivity index (χ0n) is 10.2. The van der Waals surface area contributed by atoms with Gasteiger partial charge < -0.3 is 5.32 Å². The topological polar surface area (TPSA) is 15.3 Å². The van der Waals surface area contributed by atoms with Crippen molar-refractivity contribution in [3.05, 3.63) is 35.4 Å². The van der Waals surface area contributed by atoms with E-state index < -0.39 is 11.6 Å². The fraction of sp³-hybridized carbons (Fsp3) is 0.500. The molecule has 2 nitrogen and oxygen atoms in total. The molecule has 0 bridgehead atoms. The fourth-order valence-corrected chi connectivity index (χ4v) is 2.11. The normalized spacial score (nSPS) is 17.5. The molecule has 0 spiro atoms. The standard InChI is InChI=1S/C12H16F2N2.2ClH/c1-9(16-6-4-15-5-7-16)11-3-2-10(13)8-12(11)14;;/h2-3,8-9,15H,4-7H2,1H3;2*1H/t9-;;/m1../s1. The molecule has 104 valence electrons. The van der Waals surface area contributed by atoms with Crippen molar-refractivity contribution in [1.82, 2.24) is 10.2 Å². The Morgan fingerprint density at radius 1 is 1.17 bits per heavy atom. The van der Waals surface area contributed by atoms with Crippen molar-refractivity contribution in [2.45, 2.75) is 13.0 Å². The molecular weight excluding hydrogens is 281 g/mol. The van der Waals surface area contributed by atoms with Crippen LogP contribution in [0, 0.1) is 11.6 Å². The van der Waals surface area contributed by atoms with Crippen LogP contribution in [0.5, 0.6) is 0 Å². The van der Waals surface area contributed by atoms with E-state index in [1.165, 1.54) is 12.1 Å². The van der Waals surface area contributed by atoms with E-state index in [4.69, 9.17) is 0 Å². The summed E-state index contributed by atoms with van der Waals surface area (Å²) in [5, 5.41) is 3.25. The smallest absolute Gasteiger partial charge is 0.130 e. The second kappa shape index (κ2) is 7.89. The third-order valence-electron chi connectivity index (χ3n) is 3.11. The maximum absolute atomic E-state index is 13.6. The zero-order chi connectivity index (χ0) is 11.5. The molecule has 2 rings (SSSR count). The van der Waals surface area contributed by atoms with Crippen molar-refractivity contribution in [3.8, 4) is 0 Å². The molecule has 1 aliphatic heterocycles. The largest absolute Gasteiger partial charge is 0.314 e. The van der Waals surface area contributed by atoms with Crippen LogP contribution < -0.4 is 5.32 Å². The summed E-state index contributed by atoms with van der Waals surface area (Å²) < 4.78 is 26.4. The van der Waals surface area contributed by atoms with E-state index in [0.29, 0.717) is 5.56 Å². The molecule has 1 aromatic carbocycles. The lowest BCUT2D eigenvalue weighted by atomic mass is 10.1. The molecule has 0 unspecified atom stereocenters. The summed E-state index contributed by atoms with van der Waals surface area (Å²) in [6, 6.07) is 3.81. The van der Waals surface area contributed by atoms with Crippen LogP contribution in [0.15, 0.2) is 18.2 Å². The molecule has 0 aliphatic carbocycles. The molecule has 1 aliphatic rings. The monoisotopic (exact) mass is 298 g/mol. The summed E-state index contributed by atoms with van der Waals surface area (Å²) in [5.41, 5.74) is 0.573. The molecule has 1 fully saturated rings. The Kier molecular flexibility index (Phi) is 7.71. The third kappa shape index (κ3) is 4.05. The van der Waals surface area contributed by atoms with Crippen molar-refractivity contribution in [3.63, 3.8) is 0 Å². The van der Waals surface area contributed by atoms with Gasteiger partial charge in [-0.25, -0.2) is 8.78 Å². The summed E-state index contributed by atoms with van der Waals surface area (Å²) in [5.74, 6) is -0.972. The average Bonchev–Trinajstić information content (AvgIpc) is 2.29. The first-order chi connectivity index (χ1) is 7.68. The summed E-state index contributed by atoms with van der Waals surface area (Å²) in [4.78, 5) is 2.20. The van der Waals surface area contributed by atoms with Crippen LogP contribution in [0.2, 0.25) is 0 Å². The van der Waals surface area contributed by atoms with Crippen molar-refractivity contribution < 1.29 is 8.78 Å². The molecule has 1 heterocycles. The van der Waals surface area contributed by atoms with Crippen LogP contribution in [-0.4, -0.2) is 31.1 Å². The number of rotatable bonds is 2. The maximum Gasteiger partial charge on any atom is 0.130 e. The molecule has 1 aromatic rings. The average molecular weight is 299 g/mol. The highest BCUT2D eigenvalue weighted by Gasteiger charge is 2.20. The van der Waals surface area contributed by atoms with Crippen molar-refractivity contribution in [2.75, 3.05) is 26.2 Å². The summed E-state index contributed by atoms with van der Waals surface area (Å²) in [7, 11) is 0. The number of piperazine rings is 1. The lowest BCUT2D eigenvalue weighted by Crippen LogP contribution is -2.44. The number of hydrogen-bond acceptors (Lipinski definition) is 2. The zero-order valence-corrected chi connectivity index (χ0v) is 11.8. The van der Waals surface area contributed by atoms with Gasteiger partial charge in [0.2, 0.25) is 0 Å². The van der Waals surface area contributed by atoms with Gasteiger partial charge in [-0.05, 0) is 13.0 Å². The summed E-state index contributed by atoms with van der Waals surface area (Å²) in [6.45, 7) is 5.61. The first kappa shape index (κ1) is 17.6. The van der Waals surface area contributed by atoms with Gasteiger partial charge in [0.15, 0.2) is 0 Å². The Hall–Kier alpha value is -0.420. The van der Waals surface area contributed by atoms with Crippen molar-refractivity contribution in [1.29, 1.82) is 0 Å². The number of benzene rings is 1. The molecule has 18 heavy (non-hydrogen) atoms. The Bertz CT molecular complexity index is 371. The minimum Gasteiger partial charge on any atom is -0.314 e. The third-order valence-corrected chi connectivity index (χ3v) is 3.11. The van der Waals surface area contributed by atoms with Crippen LogP contribution in [0.25, 0.3) is 0 Å². The predicted octanol–water partition coefficient (Wildman–Crippen LogP) is 2.77. The predicted molar refractivity (Wildman–Crippen MR) is 73.7 cm³/mol. The van der Waals surface area contributed by atoms with E-state index in [1.807, 2.05) is 6.92 Å². The van der Waals surface area contributed by atoms with Crippen LogP contribution >= 0.6 is 24.8 Å². The number of hydrogen-bond donors (Lipinski definition) is 1. The Morgan fingerprint density at radius 2 is 1.78 bits per heavy atom. The van der Waals surface area contributed by atoms with Gasteiger partial charge in [0.25, 0.3) is 0 Å². The van der Waals surface area contributed by atoms with Crippen LogP contribution in [0.3, 0.4) is 0 Å². The lowest BCUT2D eigenvalue weighted by molar-refractivity contribution is 0.182. The first-order valence-corrected chi connectivity index (χ1v) is 5.58. The van der Waals surface area contributed by atoms with E-state index in [1.54, 1.807) is 0 Å². The van der Waals surface area contributed by atoms with Crippen LogP contribution in [-0.2, 0) is 0 Å². The van der Waals surface area contributed by atoms with Gasteiger partial charge in [-0.15, -0.1) is 24.8 Å². The minimum atomic E-state index is -0.520. The molecule has 0 aromatic heterocycles.